The fourth-order valence-electron chi connectivity index (χ4n) is 3.12. The van der Waals surface area contributed by atoms with Gasteiger partial charge < -0.3 is 25.3 Å². The Hall–Kier alpha value is -2.16. The van der Waals surface area contributed by atoms with E-state index in [1.54, 1.807) is 0 Å². The summed E-state index contributed by atoms with van der Waals surface area (Å²) in [4.78, 5) is 4.45. The fourth-order valence-corrected chi connectivity index (χ4v) is 3.12. The monoisotopic (exact) mass is 467 g/mol. The molecule has 4 rings (SSSR count). The van der Waals surface area contributed by atoms with E-state index < -0.39 is 0 Å². The first-order valence-electron chi connectivity index (χ1n) is 8.46. The quantitative estimate of drug-likeness (QED) is 0.411. The number of benzene rings is 2. The van der Waals surface area contributed by atoms with E-state index in [1.165, 1.54) is 0 Å². The Kier molecular flexibility index (Phi) is 6.08. The summed E-state index contributed by atoms with van der Waals surface area (Å²) >= 11 is 0. The van der Waals surface area contributed by atoms with Gasteiger partial charge in [-0.05, 0) is 30.2 Å². The van der Waals surface area contributed by atoms with Gasteiger partial charge in [0.2, 0.25) is 6.79 Å². The third-order valence-corrected chi connectivity index (χ3v) is 4.40. The Balaban J connectivity index is 0.00000196. The zero-order chi connectivity index (χ0) is 17.1. The Labute approximate surface area is 169 Å². The van der Waals surface area contributed by atoms with Crippen molar-refractivity contribution in [2.24, 2.45) is 10.7 Å². The number of rotatable bonds is 4. The van der Waals surface area contributed by atoms with Gasteiger partial charge in [0, 0.05) is 18.5 Å². The van der Waals surface area contributed by atoms with Gasteiger partial charge >= 0.3 is 0 Å². The minimum absolute atomic E-state index is 0. The largest absolute Gasteiger partial charge is 0.493 e. The van der Waals surface area contributed by atoms with Crippen LogP contribution in [0.15, 0.2) is 47.5 Å². The first-order valence-corrected chi connectivity index (χ1v) is 8.46. The second-order valence-corrected chi connectivity index (χ2v) is 6.08. The lowest BCUT2D eigenvalue weighted by Gasteiger charge is -2.26. The standard InChI is InChI=1S/C19H21N3O3.HI/c20-19(22-15-8-10-23-16-4-2-1-3-14(15)16)21-9-7-13-5-6-17-18(11-13)25-12-24-17;/h1-6,11,15H,7-10,12H2,(H3,20,21,22);1H. The number of nitrogens with two attached hydrogens (primary N) is 1. The molecule has 0 radical (unpaired) electrons. The van der Waals surface area contributed by atoms with Crippen molar-refractivity contribution in [1.82, 2.24) is 5.32 Å². The second kappa shape index (κ2) is 8.48. The van der Waals surface area contributed by atoms with Crippen LogP contribution in [-0.2, 0) is 6.42 Å². The number of ether oxygens (including phenoxy) is 3. The highest BCUT2D eigenvalue weighted by Gasteiger charge is 2.21. The number of halogens is 1. The highest BCUT2D eigenvalue weighted by molar-refractivity contribution is 14.0. The normalized spacial score (nSPS) is 17.7. The number of fused-ring (bicyclic) bond motifs is 2. The summed E-state index contributed by atoms with van der Waals surface area (Å²) in [5, 5.41) is 3.31. The SMILES string of the molecule is I.NC(=NCCc1ccc2c(c1)OCO2)NC1CCOc2ccccc21. The molecule has 0 amide bonds. The molecular formula is C19H22IN3O3. The summed E-state index contributed by atoms with van der Waals surface area (Å²) < 4.78 is 16.4. The van der Waals surface area contributed by atoms with Gasteiger partial charge in [0.15, 0.2) is 17.5 Å². The maximum absolute atomic E-state index is 6.07. The molecule has 7 heteroatoms. The Morgan fingerprint density at radius 1 is 1.08 bits per heavy atom. The smallest absolute Gasteiger partial charge is 0.231 e. The van der Waals surface area contributed by atoms with Crippen LogP contribution >= 0.6 is 24.0 Å². The van der Waals surface area contributed by atoms with E-state index in [0.29, 0.717) is 25.9 Å². The summed E-state index contributed by atoms with van der Waals surface area (Å²) in [6, 6.07) is 14.1. The molecule has 0 saturated heterocycles. The van der Waals surface area contributed by atoms with Gasteiger partial charge in [-0.3, -0.25) is 4.99 Å². The maximum Gasteiger partial charge on any atom is 0.231 e. The third-order valence-electron chi connectivity index (χ3n) is 4.40. The molecule has 138 valence electrons. The molecule has 0 saturated carbocycles. The van der Waals surface area contributed by atoms with Gasteiger partial charge in [-0.25, -0.2) is 0 Å². The topological polar surface area (TPSA) is 78.1 Å². The van der Waals surface area contributed by atoms with E-state index in [2.05, 4.69) is 16.4 Å². The van der Waals surface area contributed by atoms with Crippen LogP contribution in [0.3, 0.4) is 0 Å². The molecule has 1 unspecified atom stereocenters. The number of hydrogen-bond donors (Lipinski definition) is 2. The molecule has 2 aromatic carbocycles. The van der Waals surface area contributed by atoms with E-state index in [4.69, 9.17) is 19.9 Å². The molecular weight excluding hydrogens is 445 g/mol. The van der Waals surface area contributed by atoms with Gasteiger partial charge in [-0.2, -0.15) is 0 Å². The summed E-state index contributed by atoms with van der Waals surface area (Å²) in [6.45, 7) is 1.59. The maximum atomic E-state index is 6.07. The molecule has 2 aliphatic rings. The number of hydrogen-bond acceptors (Lipinski definition) is 4. The van der Waals surface area contributed by atoms with E-state index in [1.807, 2.05) is 36.4 Å². The molecule has 2 heterocycles. The lowest BCUT2D eigenvalue weighted by atomic mass is 10.0. The zero-order valence-electron chi connectivity index (χ0n) is 14.3. The van der Waals surface area contributed by atoms with Crippen LogP contribution in [0.25, 0.3) is 0 Å². The molecule has 2 aliphatic heterocycles. The highest BCUT2D eigenvalue weighted by Crippen LogP contribution is 2.33. The number of nitrogens with zero attached hydrogens (tertiary/aromatic N) is 1. The van der Waals surface area contributed by atoms with Crippen molar-refractivity contribution in [3.63, 3.8) is 0 Å². The first kappa shape index (κ1) is 18.6. The average Bonchev–Trinajstić information content (AvgIpc) is 3.10. The van der Waals surface area contributed by atoms with Gasteiger partial charge in [-0.15, -0.1) is 24.0 Å². The molecule has 0 fully saturated rings. The highest BCUT2D eigenvalue weighted by atomic mass is 127. The van der Waals surface area contributed by atoms with Crippen molar-refractivity contribution in [3.8, 4) is 17.2 Å². The predicted octanol–water partition coefficient (Wildman–Crippen LogP) is 3.00. The molecule has 0 aliphatic carbocycles. The summed E-state index contributed by atoms with van der Waals surface area (Å²) in [6.07, 6.45) is 1.67. The lowest BCUT2D eigenvalue weighted by molar-refractivity contribution is 0.174. The molecule has 1 atom stereocenters. The summed E-state index contributed by atoms with van der Waals surface area (Å²) in [7, 11) is 0. The molecule has 3 N–H and O–H groups in total. The number of guanidine groups is 1. The van der Waals surface area contributed by atoms with Crippen LogP contribution in [0.1, 0.15) is 23.6 Å². The van der Waals surface area contributed by atoms with Gasteiger partial charge in [0.25, 0.3) is 0 Å². The molecule has 0 bridgehead atoms. The zero-order valence-corrected chi connectivity index (χ0v) is 16.6. The Bertz CT molecular complexity index is 797. The fraction of sp³-hybridized carbons (Fsp3) is 0.316. The van der Waals surface area contributed by atoms with Crippen LogP contribution < -0.4 is 25.3 Å². The van der Waals surface area contributed by atoms with Crippen LogP contribution in [0.2, 0.25) is 0 Å². The van der Waals surface area contributed by atoms with Gasteiger partial charge in [-0.1, -0.05) is 24.3 Å². The van der Waals surface area contributed by atoms with Gasteiger partial charge in [0.1, 0.15) is 5.75 Å². The van der Waals surface area contributed by atoms with Crippen molar-refractivity contribution in [3.05, 3.63) is 53.6 Å². The van der Waals surface area contributed by atoms with Gasteiger partial charge in [0.05, 0.1) is 12.6 Å². The minimum atomic E-state index is 0. The Morgan fingerprint density at radius 3 is 2.85 bits per heavy atom. The minimum Gasteiger partial charge on any atom is -0.493 e. The number of nitrogens with one attached hydrogen (secondary N) is 1. The van der Waals surface area contributed by atoms with Crippen molar-refractivity contribution in [1.29, 1.82) is 0 Å². The molecule has 26 heavy (non-hydrogen) atoms. The average molecular weight is 467 g/mol. The van der Waals surface area contributed by atoms with Crippen LogP contribution in [-0.4, -0.2) is 25.9 Å². The summed E-state index contributed by atoms with van der Waals surface area (Å²) in [5.41, 5.74) is 8.35. The van der Waals surface area contributed by atoms with Crippen molar-refractivity contribution in [2.75, 3.05) is 19.9 Å². The van der Waals surface area contributed by atoms with Crippen molar-refractivity contribution >= 4 is 29.9 Å². The number of aliphatic imine (C=N–C) groups is 1. The predicted molar refractivity (Wildman–Crippen MR) is 111 cm³/mol. The van der Waals surface area contributed by atoms with Crippen LogP contribution in [0.5, 0.6) is 17.2 Å². The third kappa shape index (κ3) is 4.14. The van der Waals surface area contributed by atoms with E-state index in [-0.39, 0.29) is 30.0 Å². The molecule has 0 spiro atoms. The van der Waals surface area contributed by atoms with Crippen molar-refractivity contribution < 1.29 is 14.2 Å². The van der Waals surface area contributed by atoms with Crippen molar-refractivity contribution in [2.45, 2.75) is 18.9 Å². The van der Waals surface area contributed by atoms with E-state index in [0.717, 1.165) is 41.2 Å². The molecule has 2 aromatic rings. The first-order chi connectivity index (χ1) is 12.3. The molecule has 6 nitrogen and oxygen atoms in total. The lowest BCUT2D eigenvalue weighted by Crippen LogP contribution is -2.37. The van der Waals surface area contributed by atoms with E-state index >= 15 is 0 Å². The Morgan fingerprint density at radius 2 is 1.92 bits per heavy atom. The molecule has 0 aromatic heterocycles. The number of para-hydroxylation sites is 1. The second-order valence-electron chi connectivity index (χ2n) is 6.08. The van der Waals surface area contributed by atoms with Crippen LogP contribution in [0.4, 0.5) is 0 Å². The van der Waals surface area contributed by atoms with E-state index in [9.17, 15) is 0 Å². The van der Waals surface area contributed by atoms with Crippen LogP contribution in [0, 0.1) is 0 Å². The summed E-state index contributed by atoms with van der Waals surface area (Å²) in [5.74, 6) is 2.97.